The van der Waals surface area contributed by atoms with Crippen LogP contribution in [0.3, 0.4) is 0 Å². The van der Waals surface area contributed by atoms with E-state index in [2.05, 4.69) is 5.32 Å². The van der Waals surface area contributed by atoms with Crippen LogP contribution in [0.2, 0.25) is 0 Å². The number of carbonyl (C=O) groups is 3. The third-order valence-corrected chi connectivity index (χ3v) is 6.12. The van der Waals surface area contributed by atoms with Crippen molar-refractivity contribution in [1.82, 2.24) is 4.90 Å². The van der Waals surface area contributed by atoms with Gasteiger partial charge in [-0.15, -0.1) is 0 Å². The lowest BCUT2D eigenvalue weighted by Gasteiger charge is -2.33. The van der Waals surface area contributed by atoms with Crippen molar-refractivity contribution < 1.29 is 19.1 Å². The van der Waals surface area contributed by atoms with Gasteiger partial charge in [0.15, 0.2) is 0 Å². The summed E-state index contributed by atoms with van der Waals surface area (Å²) in [5.74, 6) is -0.687. The van der Waals surface area contributed by atoms with E-state index >= 15 is 0 Å². The van der Waals surface area contributed by atoms with E-state index in [1.807, 2.05) is 49.4 Å². The first-order valence-electron chi connectivity index (χ1n) is 11.5. The summed E-state index contributed by atoms with van der Waals surface area (Å²) in [5.41, 5.74) is 2.24. The van der Waals surface area contributed by atoms with Crippen molar-refractivity contribution in [2.45, 2.75) is 19.4 Å². The van der Waals surface area contributed by atoms with Gasteiger partial charge in [0.2, 0.25) is 5.91 Å². The zero-order chi connectivity index (χ0) is 24.4. The van der Waals surface area contributed by atoms with Crippen LogP contribution in [-0.4, -0.2) is 35.3 Å². The first kappa shape index (κ1) is 22.3. The zero-order valence-corrected chi connectivity index (χ0v) is 19.2. The van der Waals surface area contributed by atoms with Gasteiger partial charge >= 0.3 is 0 Å². The number of amides is 3. The maximum absolute atomic E-state index is 13.6. The second-order valence-corrected chi connectivity index (χ2v) is 8.34. The van der Waals surface area contributed by atoms with Gasteiger partial charge in [0, 0.05) is 28.6 Å². The Balaban J connectivity index is 1.52. The molecular formula is C29H24N2O4. The van der Waals surface area contributed by atoms with E-state index in [-0.39, 0.29) is 6.42 Å². The second-order valence-electron chi connectivity index (χ2n) is 8.34. The molecule has 6 heteroatoms. The number of anilines is 1. The van der Waals surface area contributed by atoms with Gasteiger partial charge in [-0.05, 0) is 54.3 Å². The fourth-order valence-corrected chi connectivity index (χ4v) is 4.50. The normalized spacial score (nSPS) is 13.6. The number of carbonyl (C=O) groups excluding carboxylic acids is 3. The van der Waals surface area contributed by atoms with Crippen LogP contribution in [0.5, 0.6) is 5.75 Å². The Morgan fingerprint density at radius 1 is 0.829 bits per heavy atom. The molecule has 1 aliphatic rings. The Morgan fingerprint density at radius 3 is 2.06 bits per heavy atom. The van der Waals surface area contributed by atoms with Gasteiger partial charge in [-0.1, -0.05) is 54.6 Å². The minimum absolute atomic E-state index is 0.194. The fourth-order valence-electron chi connectivity index (χ4n) is 4.50. The van der Waals surface area contributed by atoms with E-state index in [9.17, 15) is 14.4 Å². The number of nitrogens with one attached hydrogen (secondary N) is 1. The van der Waals surface area contributed by atoms with Gasteiger partial charge in [0.25, 0.3) is 11.8 Å². The molecule has 4 aromatic rings. The topological polar surface area (TPSA) is 75.7 Å². The summed E-state index contributed by atoms with van der Waals surface area (Å²) in [6.45, 7) is 2.44. The zero-order valence-electron chi connectivity index (χ0n) is 19.2. The molecule has 1 atom stereocenters. The second kappa shape index (κ2) is 9.43. The van der Waals surface area contributed by atoms with Crippen molar-refractivity contribution in [2.24, 2.45) is 0 Å². The molecule has 0 saturated heterocycles. The molecule has 1 aliphatic heterocycles. The molecule has 0 fully saturated rings. The smallest absolute Gasteiger partial charge is 0.262 e. The standard InChI is InChI=1S/C29H24N2O4/c1-2-35-22-16-14-21(15-17-22)30-27(32)25(18-19-8-4-3-5-9-19)31-28(33)23-12-6-10-20-11-7-13-24(26(20)23)29(31)34/h3-17,25H,2,18H2,1H3,(H,30,32)/t25-/m0/s1. The summed E-state index contributed by atoms with van der Waals surface area (Å²) < 4.78 is 5.47. The van der Waals surface area contributed by atoms with Crippen LogP contribution < -0.4 is 10.1 Å². The molecule has 1 N–H and O–H groups in total. The molecule has 174 valence electrons. The quantitative estimate of drug-likeness (QED) is 0.387. The Bertz CT molecular complexity index is 1360. The molecule has 0 radical (unpaired) electrons. The van der Waals surface area contributed by atoms with Crippen LogP contribution in [0.4, 0.5) is 5.69 Å². The predicted molar refractivity (Wildman–Crippen MR) is 135 cm³/mol. The molecule has 0 unspecified atom stereocenters. The molecule has 0 saturated carbocycles. The summed E-state index contributed by atoms with van der Waals surface area (Å²) >= 11 is 0. The van der Waals surface area contributed by atoms with Gasteiger partial charge in [-0.2, -0.15) is 0 Å². The number of benzene rings is 4. The average molecular weight is 465 g/mol. The maximum atomic E-state index is 13.6. The number of imide groups is 1. The van der Waals surface area contributed by atoms with Crippen LogP contribution >= 0.6 is 0 Å². The van der Waals surface area contributed by atoms with Crippen molar-refractivity contribution in [1.29, 1.82) is 0 Å². The molecule has 0 bridgehead atoms. The van der Waals surface area contributed by atoms with Crippen molar-refractivity contribution in [3.63, 3.8) is 0 Å². The molecule has 0 aliphatic carbocycles. The van der Waals surface area contributed by atoms with Gasteiger partial charge in [-0.25, -0.2) is 0 Å². The maximum Gasteiger partial charge on any atom is 0.262 e. The van der Waals surface area contributed by atoms with Gasteiger partial charge in [-0.3, -0.25) is 19.3 Å². The third-order valence-electron chi connectivity index (χ3n) is 6.12. The number of nitrogens with zero attached hydrogens (tertiary/aromatic N) is 1. The van der Waals surface area contributed by atoms with Crippen LogP contribution in [0.1, 0.15) is 33.2 Å². The molecule has 0 aromatic heterocycles. The molecule has 35 heavy (non-hydrogen) atoms. The highest BCUT2D eigenvalue weighted by Crippen LogP contribution is 2.32. The predicted octanol–water partition coefficient (Wildman–Crippen LogP) is 5.08. The molecular weight excluding hydrogens is 440 g/mol. The highest BCUT2D eigenvalue weighted by Gasteiger charge is 2.40. The monoisotopic (exact) mass is 464 g/mol. The molecule has 0 spiro atoms. The van der Waals surface area contributed by atoms with E-state index in [1.165, 1.54) is 0 Å². The average Bonchev–Trinajstić information content (AvgIpc) is 2.88. The lowest BCUT2D eigenvalue weighted by molar-refractivity contribution is -0.120. The fraction of sp³-hybridized carbons (Fsp3) is 0.138. The number of ether oxygens (including phenoxy) is 1. The van der Waals surface area contributed by atoms with Crippen molar-refractivity contribution >= 4 is 34.2 Å². The summed E-state index contributed by atoms with van der Waals surface area (Å²) in [7, 11) is 0. The lowest BCUT2D eigenvalue weighted by atomic mass is 9.92. The Kier molecular flexibility index (Phi) is 6.02. The van der Waals surface area contributed by atoms with Crippen molar-refractivity contribution in [3.05, 3.63) is 108 Å². The van der Waals surface area contributed by atoms with E-state index in [1.54, 1.807) is 48.5 Å². The summed E-state index contributed by atoms with van der Waals surface area (Å²) in [5, 5.41) is 4.33. The number of rotatable bonds is 7. The van der Waals surface area contributed by atoms with Gasteiger partial charge in [0.05, 0.1) is 6.61 Å². The number of hydrogen-bond donors (Lipinski definition) is 1. The van der Waals surface area contributed by atoms with Crippen LogP contribution in [-0.2, 0) is 11.2 Å². The molecule has 4 aromatic carbocycles. The van der Waals surface area contributed by atoms with E-state index in [4.69, 9.17) is 4.74 Å². The van der Waals surface area contributed by atoms with Crippen LogP contribution in [0.25, 0.3) is 10.8 Å². The minimum atomic E-state index is -1.03. The summed E-state index contributed by atoms with van der Waals surface area (Å²) in [6, 6.07) is 26.1. The van der Waals surface area contributed by atoms with Crippen molar-refractivity contribution in [3.8, 4) is 5.75 Å². The SMILES string of the molecule is CCOc1ccc(NC(=O)[C@H](Cc2ccccc2)N2C(=O)c3cccc4cccc(c34)C2=O)cc1. The minimum Gasteiger partial charge on any atom is -0.494 e. The van der Waals surface area contributed by atoms with E-state index < -0.39 is 23.8 Å². The highest BCUT2D eigenvalue weighted by molar-refractivity contribution is 6.26. The number of hydrogen-bond acceptors (Lipinski definition) is 4. The Hall–Kier alpha value is -4.45. The van der Waals surface area contributed by atoms with E-state index in [0.717, 1.165) is 15.8 Å². The third kappa shape index (κ3) is 4.26. The molecule has 1 heterocycles. The van der Waals surface area contributed by atoms with Gasteiger partial charge < -0.3 is 10.1 Å². The first-order valence-corrected chi connectivity index (χ1v) is 11.5. The van der Waals surface area contributed by atoms with E-state index in [0.29, 0.717) is 34.6 Å². The van der Waals surface area contributed by atoms with Crippen LogP contribution in [0.15, 0.2) is 91.0 Å². The molecule has 6 nitrogen and oxygen atoms in total. The Morgan fingerprint density at radius 2 is 1.46 bits per heavy atom. The van der Waals surface area contributed by atoms with Crippen LogP contribution in [0, 0.1) is 0 Å². The Labute approximate surface area is 203 Å². The largest absolute Gasteiger partial charge is 0.494 e. The lowest BCUT2D eigenvalue weighted by Crippen LogP contribution is -2.53. The highest BCUT2D eigenvalue weighted by atomic mass is 16.5. The summed E-state index contributed by atoms with van der Waals surface area (Å²) in [6.07, 6.45) is 0.194. The summed E-state index contributed by atoms with van der Waals surface area (Å²) in [4.78, 5) is 41.9. The first-order chi connectivity index (χ1) is 17.1. The molecule has 5 rings (SSSR count). The molecule has 3 amide bonds. The van der Waals surface area contributed by atoms with Gasteiger partial charge in [0.1, 0.15) is 11.8 Å². The van der Waals surface area contributed by atoms with Crippen molar-refractivity contribution in [2.75, 3.05) is 11.9 Å².